The zero-order valence-corrected chi connectivity index (χ0v) is 16.9. The lowest BCUT2D eigenvalue weighted by atomic mass is 9.68. The minimum atomic E-state index is -1.26. The molecule has 2 N–H and O–H groups in total. The maximum Gasteiger partial charge on any atom is 0.408 e. The number of hydrogen-bond donors (Lipinski definition) is 2. The number of carboxylic acid groups (broad SMARTS) is 1. The van der Waals surface area contributed by atoms with Gasteiger partial charge in [-0.1, -0.05) is 62.4 Å². The molecule has 0 bridgehead atoms. The van der Waals surface area contributed by atoms with Gasteiger partial charge in [-0.2, -0.15) is 0 Å². The number of fused-ring (bicyclic) bond motifs is 3. The summed E-state index contributed by atoms with van der Waals surface area (Å²) in [5.41, 5.74) is 3.19. The Balaban J connectivity index is 1.49. The molecule has 152 valence electrons. The Hall–Kier alpha value is -2.82. The molecule has 0 radical (unpaired) electrons. The third-order valence-electron chi connectivity index (χ3n) is 6.33. The average Bonchev–Trinajstić information content (AvgIpc) is 2.99. The fourth-order valence-electron chi connectivity index (χ4n) is 5.04. The number of hydrogen-bond acceptors (Lipinski definition) is 3. The number of carboxylic acids is 1. The number of rotatable bonds is 4. The van der Waals surface area contributed by atoms with Crippen LogP contribution in [0.2, 0.25) is 0 Å². The van der Waals surface area contributed by atoms with Gasteiger partial charge in [-0.05, 0) is 53.4 Å². The predicted octanol–water partition coefficient (Wildman–Crippen LogP) is 4.95. The summed E-state index contributed by atoms with van der Waals surface area (Å²) in [6, 6.07) is 16.3. The van der Waals surface area contributed by atoms with Gasteiger partial charge in [-0.15, -0.1) is 0 Å². The van der Waals surface area contributed by atoms with E-state index >= 15 is 0 Å². The lowest BCUT2D eigenvalue weighted by Gasteiger charge is -2.42. The van der Waals surface area contributed by atoms with Gasteiger partial charge in [0.2, 0.25) is 0 Å². The van der Waals surface area contributed by atoms with Crippen LogP contribution in [0.25, 0.3) is 11.1 Å². The minimum absolute atomic E-state index is 0.0447. The summed E-state index contributed by atoms with van der Waals surface area (Å²) < 4.78 is 5.57. The smallest absolute Gasteiger partial charge is 0.408 e. The highest BCUT2D eigenvalue weighted by Crippen LogP contribution is 2.45. The van der Waals surface area contributed by atoms with Gasteiger partial charge >= 0.3 is 12.1 Å². The number of carbonyl (C=O) groups is 2. The highest BCUT2D eigenvalue weighted by molar-refractivity contribution is 5.85. The second-order valence-corrected chi connectivity index (χ2v) is 9.03. The number of alkyl carbamates (subject to hydrolysis) is 1. The van der Waals surface area contributed by atoms with Crippen molar-refractivity contribution in [2.24, 2.45) is 5.41 Å². The van der Waals surface area contributed by atoms with Gasteiger partial charge in [0.15, 0.2) is 0 Å². The molecule has 0 saturated heterocycles. The molecule has 2 aliphatic carbocycles. The second-order valence-electron chi connectivity index (χ2n) is 9.03. The van der Waals surface area contributed by atoms with E-state index in [2.05, 4.69) is 29.6 Å². The van der Waals surface area contributed by atoms with Crippen molar-refractivity contribution in [1.82, 2.24) is 5.32 Å². The maximum absolute atomic E-state index is 12.6. The van der Waals surface area contributed by atoms with Crippen LogP contribution in [-0.2, 0) is 9.53 Å². The van der Waals surface area contributed by atoms with E-state index in [9.17, 15) is 14.7 Å². The van der Waals surface area contributed by atoms with Gasteiger partial charge in [0.1, 0.15) is 12.1 Å². The first-order chi connectivity index (χ1) is 13.8. The van der Waals surface area contributed by atoms with Crippen molar-refractivity contribution in [3.05, 3.63) is 59.7 Å². The summed E-state index contributed by atoms with van der Waals surface area (Å²) >= 11 is 0. The van der Waals surface area contributed by atoms with Gasteiger partial charge in [0, 0.05) is 5.92 Å². The predicted molar refractivity (Wildman–Crippen MR) is 111 cm³/mol. The zero-order chi connectivity index (χ0) is 20.6. The molecule has 0 aromatic heterocycles. The fourth-order valence-corrected chi connectivity index (χ4v) is 5.04. The molecule has 2 aromatic carbocycles. The van der Waals surface area contributed by atoms with Crippen LogP contribution in [0.1, 0.15) is 56.6 Å². The standard InChI is InChI=1S/C24H27NO4/c1-23(2)12-7-13-24(15-23,21(26)27)25-22(28)29-14-20-18-10-5-3-8-16(18)17-9-4-6-11-19(17)20/h3-6,8-11,20H,7,12-15H2,1-2H3,(H,25,28)(H,26,27)/t24-/m0/s1. The van der Waals surface area contributed by atoms with E-state index in [0.717, 1.165) is 35.1 Å². The molecular formula is C24H27NO4. The highest BCUT2D eigenvalue weighted by Gasteiger charge is 2.47. The van der Waals surface area contributed by atoms with E-state index in [-0.39, 0.29) is 17.9 Å². The van der Waals surface area contributed by atoms with Crippen molar-refractivity contribution < 1.29 is 19.4 Å². The van der Waals surface area contributed by atoms with Gasteiger partial charge < -0.3 is 15.2 Å². The normalized spacial score (nSPS) is 22.4. The minimum Gasteiger partial charge on any atom is -0.480 e. The first-order valence-electron chi connectivity index (χ1n) is 10.2. The van der Waals surface area contributed by atoms with Crippen LogP contribution in [-0.4, -0.2) is 29.3 Å². The van der Waals surface area contributed by atoms with Crippen molar-refractivity contribution in [1.29, 1.82) is 0 Å². The number of ether oxygens (including phenoxy) is 1. The van der Waals surface area contributed by atoms with Crippen LogP contribution >= 0.6 is 0 Å². The molecule has 29 heavy (non-hydrogen) atoms. The second kappa shape index (κ2) is 7.21. The molecule has 0 unspecified atom stereocenters. The third-order valence-corrected chi connectivity index (χ3v) is 6.33. The molecule has 2 aliphatic rings. The molecule has 5 heteroatoms. The van der Waals surface area contributed by atoms with E-state index in [1.54, 1.807) is 0 Å². The summed E-state index contributed by atoms with van der Waals surface area (Å²) in [7, 11) is 0. The highest BCUT2D eigenvalue weighted by atomic mass is 16.5. The van der Waals surface area contributed by atoms with Crippen molar-refractivity contribution in [2.75, 3.05) is 6.61 Å². The SMILES string of the molecule is CC1(C)CCC[C@@](NC(=O)OCC2c3ccccc3-c3ccccc32)(C(=O)O)C1. The van der Waals surface area contributed by atoms with Crippen molar-refractivity contribution >= 4 is 12.1 Å². The van der Waals surface area contributed by atoms with E-state index < -0.39 is 17.6 Å². The van der Waals surface area contributed by atoms with Gasteiger partial charge in [0.05, 0.1) is 0 Å². The molecule has 5 nitrogen and oxygen atoms in total. The largest absolute Gasteiger partial charge is 0.480 e. The van der Waals surface area contributed by atoms with Gasteiger partial charge in [0.25, 0.3) is 0 Å². The Morgan fingerprint density at radius 3 is 2.17 bits per heavy atom. The van der Waals surface area contributed by atoms with Crippen LogP contribution in [0, 0.1) is 5.41 Å². The van der Waals surface area contributed by atoms with E-state index in [4.69, 9.17) is 4.74 Å². The van der Waals surface area contributed by atoms with Gasteiger partial charge in [-0.25, -0.2) is 9.59 Å². The molecule has 0 heterocycles. The zero-order valence-electron chi connectivity index (χ0n) is 16.9. The van der Waals surface area contributed by atoms with Crippen LogP contribution < -0.4 is 5.32 Å². The quantitative estimate of drug-likeness (QED) is 0.771. The van der Waals surface area contributed by atoms with E-state index in [1.165, 1.54) is 0 Å². The van der Waals surface area contributed by atoms with Gasteiger partial charge in [-0.3, -0.25) is 0 Å². The molecule has 1 fully saturated rings. The Kier molecular flexibility index (Phi) is 4.85. The fraction of sp³-hybridized carbons (Fsp3) is 0.417. The van der Waals surface area contributed by atoms with Crippen LogP contribution in [0.15, 0.2) is 48.5 Å². The number of nitrogens with one attached hydrogen (secondary N) is 1. The molecule has 1 atom stereocenters. The van der Waals surface area contributed by atoms with Crippen molar-refractivity contribution in [2.45, 2.75) is 51.0 Å². The lowest BCUT2D eigenvalue weighted by molar-refractivity contribution is -0.148. The van der Waals surface area contributed by atoms with Crippen molar-refractivity contribution in [3.63, 3.8) is 0 Å². The molecule has 1 amide bonds. The topological polar surface area (TPSA) is 75.6 Å². The Labute approximate surface area is 171 Å². The average molecular weight is 393 g/mol. The Bertz CT molecular complexity index is 906. The molecule has 2 aromatic rings. The lowest BCUT2D eigenvalue weighted by Crippen LogP contribution is -2.58. The molecule has 4 rings (SSSR count). The first-order valence-corrected chi connectivity index (χ1v) is 10.2. The maximum atomic E-state index is 12.6. The van der Waals surface area contributed by atoms with E-state index in [0.29, 0.717) is 12.8 Å². The Morgan fingerprint density at radius 2 is 1.62 bits per heavy atom. The third kappa shape index (κ3) is 3.61. The molecule has 0 spiro atoms. The number of carbonyl (C=O) groups excluding carboxylic acids is 1. The summed E-state index contributed by atoms with van der Waals surface area (Å²) in [5.74, 6) is -1.03. The van der Waals surface area contributed by atoms with Crippen LogP contribution in [0.4, 0.5) is 4.79 Å². The molecule has 1 saturated carbocycles. The molecule has 0 aliphatic heterocycles. The van der Waals surface area contributed by atoms with E-state index in [1.807, 2.05) is 38.1 Å². The van der Waals surface area contributed by atoms with Crippen LogP contribution in [0.5, 0.6) is 0 Å². The summed E-state index contributed by atoms with van der Waals surface area (Å²) in [4.78, 5) is 24.6. The molecular weight excluding hydrogens is 366 g/mol. The summed E-state index contributed by atoms with van der Waals surface area (Å²) in [6.07, 6.45) is 1.89. The van der Waals surface area contributed by atoms with Crippen molar-refractivity contribution in [3.8, 4) is 11.1 Å². The summed E-state index contributed by atoms with van der Waals surface area (Å²) in [5, 5.41) is 12.5. The first kappa shape index (κ1) is 19.5. The number of benzene rings is 2. The summed E-state index contributed by atoms with van der Waals surface area (Å²) in [6.45, 7) is 4.27. The van der Waals surface area contributed by atoms with Crippen LogP contribution in [0.3, 0.4) is 0 Å². The number of amides is 1. The monoisotopic (exact) mass is 393 g/mol. The Morgan fingerprint density at radius 1 is 1.03 bits per heavy atom. The number of aliphatic carboxylic acids is 1.